The van der Waals surface area contributed by atoms with Crippen molar-refractivity contribution in [3.05, 3.63) is 29.0 Å². The first-order valence-corrected chi connectivity index (χ1v) is 5.83. The van der Waals surface area contributed by atoms with E-state index in [0.29, 0.717) is 41.0 Å². The second kappa shape index (κ2) is 4.47. The van der Waals surface area contributed by atoms with Crippen LogP contribution < -0.4 is 9.47 Å². The molecule has 0 saturated heterocycles. The normalized spacial score (nSPS) is 13.3. The Morgan fingerprint density at radius 1 is 1.32 bits per heavy atom. The molecule has 1 aromatic heterocycles. The molecular formula is C12H8ClNO5. The number of aromatic nitrogens is 1. The van der Waals surface area contributed by atoms with Gasteiger partial charge < -0.3 is 19.1 Å². The van der Waals surface area contributed by atoms with E-state index in [0.717, 1.165) is 0 Å². The van der Waals surface area contributed by atoms with Crippen LogP contribution in [-0.4, -0.2) is 29.4 Å². The summed E-state index contributed by atoms with van der Waals surface area (Å²) in [5.41, 5.74) is 0.764. The largest absolute Gasteiger partial charge is 0.486 e. The van der Waals surface area contributed by atoms with E-state index in [2.05, 4.69) is 5.16 Å². The number of hydrogen-bond donors (Lipinski definition) is 1. The van der Waals surface area contributed by atoms with Gasteiger partial charge >= 0.3 is 5.97 Å². The zero-order chi connectivity index (χ0) is 13.4. The summed E-state index contributed by atoms with van der Waals surface area (Å²) in [6, 6.07) is 4.62. The first-order valence-electron chi connectivity index (χ1n) is 5.45. The molecule has 0 saturated carbocycles. The van der Waals surface area contributed by atoms with Crippen LogP contribution in [0.25, 0.3) is 11.3 Å². The number of carbonyl (C=O) groups is 1. The van der Waals surface area contributed by atoms with Crippen molar-refractivity contribution in [1.29, 1.82) is 0 Å². The number of benzene rings is 1. The van der Waals surface area contributed by atoms with Gasteiger partial charge in [-0.15, -0.1) is 0 Å². The quantitative estimate of drug-likeness (QED) is 0.910. The molecule has 0 atom stereocenters. The molecule has 0 radical (unpaired) electrons. The van der Waals surface area contributed by atoms with Gasteiger partial charge in [-0.2, -0.15) is 0 Å². The number of carboxylic acid groups (broad SMARTS) is 1. The molecule has 0 aliphatic carbocycles. The maximum atomic E-state index is 10.8. The fourth-order valence-corrected chi connectivity index (χ4v) is 2.07. The Balaban J connectivity index is 2.15. The molecule has 1 aromatic carbocycles. The zero-order valence-electron chi connectivity index (χ0n) is 9.55. The SMILES string of the molecule is O=C(O)c1cc(-c2c(Cl)ccc3c2OCCO3)no1. The first-order chi connectivity index (χ1) is 9.16. The molecule has 0 spiro atoms. The van der Waals surface area contributed by atoms with E-state index in [1.807, 2.05) is 0 Å². The van der Waals surface area contributed by atoms with Crippen LogP contribution in [0.1, 0.15) is 10.6 Å². The van der Waals surface area contributed by atoms with E-state index >= 15 is 0 Å². The van der Waals surface area contributed by atoms with Crippen molar-refractivity contribution < 1.29 is 23.9 Å². The summed E-state index contributed by atoms with van der Waals surface area (Å²) in [5, 5.41) is 12.9. The molecule has 0 fully saturated rings. The minimum atomic E-state index is -1.20. The van der Waals surface area contributed by atoms with Crippen LogP contribution in [-0.2, 0) is 0 Å². The molecule has 1 aliphatic heterocycles. The molecule has 1 N–H and O–H groups in total. The fraction of sp³-hybridized carbons (Fsp3) is 0.167. The van der Waals surface area contributed by atoms with Crippen molar-refractivity contribution in [2.24, 2.45) is 0 Å². The lowest BCUT2D eigenvalue weighted by molar-refractivity contribution is 0.0652. The van der Waals surface area contributed by atoms with E-state index < -0.39 is 5.97 Å². The van der Waals surface area contributed by atoms with Crippen LogP contribution in [0.4, 0.5) is 0 Å². The molecule has 6 nitrogen and oxygen atoms in total. The van der Waals surface area contributed by atoms with Crippen molar-refractivity contribution in [1.82, 2.24) is 5.16 Å². The van der Waals surface area contributed by atoms with Gasteiger partial charge in [0.1, 0.15) is 18.9 Å². The van der Waals surface area contributed by atoms with E-state index in [-0.39, 0.29) is 5.76 Å². The number of carboxylic acids is 1. The van der Waals surface area contributed by atoms with Gasteiger partial charge in [-0.05, 0) is 12.1 Å². The molecule has 1 aliphatic rings. The Labute approximate surface area is 112 Å². The monoisotopic (exact) mass is 281 g/mol. The number of rotatable bonds is 2. The van der Waals surface area contributed by atoms with E-state index in [1.165, 1.54) is 6.07 Å². The minimum Gasteiger partial charge on any atom is -0.486 e. The molecular weight excluding hydrogens is 274 g/mol. The van der Waals surface area contributed by atoms with Crippen molar-refractivity contribution >= 4 is 17.6 Å². The molecule has 7 heteroatoms. The Morgan fingerprint density at radius 2 is 2.11 bits per heavy atom. The third kappa shape index (κ3) is 2.00. The van der Waals surface area contributed by atoms with Crippen molar-refractivity contribution in [2.45, 2.75) is 0 Å². The van der Waals surface area contributed by atoms with Crippen LogP contribution in [0.2, 0.25) is 5.02 Å². The molecule has 0 amide bonds. The molecule has 2 aromatic rings. The highest BCUT2D eigenvalue weighted by Crippen LogP contribution is 2.43. The van der Waals surface area contributed by atoms with Gasteiger partial charge in [-0.3, -0.25) is 0 Å². The lowest BCUT2D eigenvalue weighted by Crippen LogP contribution is -2.16. The highest BCUT2D eigenvalue weighted by Gasteiger charge is 2.23. The molecule has 0 bridgehead atoms. The smallest absolute Gasteiger partial charge is 0.374 e. The first kappa shape index (κ1) is 11.9. The van der Waals surface area contributed by atoms with E-state index in [1.54, 1.807) is 12.1 Å². The Bertz CT molecular complexity index is 652. The van der Waals surface area contributed by atoms with Crippen molar-refractivity contribution in [3.63, 3.8) is 0 Å². The number of ether oxygens (including phenoxy) is 2. The number of halogens is 1. The van der Waals surface area contributed by atoms with Crippen LogP contribution in [0, 0.1) is 0 Å². The maximum Gasteiger partial charge on any atom is 0.374 e. The van der Waals surface area contributed by atoms with Gasteiger partial charge in [0.05, 0.1) is 10.6 Å². The summed E-state index contributed by atoms with van der Waals surface area (Å²) in [5.74, 6) is -0.466. The van der Waals surface area contributed by atoms with Gasteiger partial charge in [0, 0.05) is 6.07 Å². The summed E-state index contributed by atoms with van der Waals surface area (Å²) in [4.78, 5) is 10.8. The number of fused-ring (bicyclic) bond motifs is 1. The van der Waals surface area contributed by atoms with Gasteiger partial charge in [-0.1, -0.05) is 16.8 Å². The fourth-order valence-electron chi connectivity index (χ4n) is 1.82. The molecule has 98 valence electrons. The third-order valence-electron chi connectivity index (χ3n) is 2.64. The average Bonchev–Trinajstić information content (AvgIpc) is 2.88. The predicted molar refractivity (Wildman–Crippen MR) is 64.9 cm³/mol. The topological polar surface area (TPSA) is 81.8 Å². The van der Waals surface area contributed by atoms with Crippen molar-refractivity contribution in [2.75, 3.05) is 13.2 Å². The Hall–Kier alpha value is -2.21. The maximum absolute atomic E-state index is 10.8. The summed E-state index contributed by atoms with van der Waals surface area (Å²) < 4.78 is 15.7. The van der Waals surface area contributed by atoms with Crippen LogP contribution in [0.3, 0.4) is 0 Å². The van der Waals surface area contributed by atoms with Crippen molar-refractivity contribution in [3.8, 4) is 22.8 Å². The molecule has 0 unspecified atom stereocenters. The molecule has 3 rings (SSSR count). The average molecular weight is 282 g/mol. The van der Waals surface area contributed by atoms with Gasteiger partial charge in [0.2, 0.25) is 5.76 Å². The summed E-state index contributed by atoms with van der Waals surface area (Å²) in [7, 11) is 0. The summed E-state index contributed by atoms with van der Waals surface area (Å²) >= 11 is 6.12. The van der Waals surface area contributed by atoms with E-state index in [4.69, 9.17) is 30.7 Å². The van der Waals surface area contributed by atoms with Gasteiger partial charge in [0.25, 0.3) is 0 Å². The van der Waals surface area contributed by atoms with Crippen LogP contribution in [0.5, 0.6) is 11.5 Å². The summed E-state index contributed by atoms with van der Waals surface area (Å²) in [6.45, 7) is 0.844. The minimum absolute atomic E-state index is 0.264. The number of nitrogens with zero attached hydrogens (tertiary/aromatic N) is 1. The second-order valence-electron chi connectivity index (χ2n) is 3.83. The number of aromatic carboxylic acids is 1. The standard InChI is InChI=1S/C12H8ClNO5/c13-6-1-2-8-11(18-4-3-17-8)10(6)7-5-9(12(15)16)19-14-7/h1-2,5H,3-4H2,(H,15,16). The zero-order valence-corrected chi connectivity index (χ0v) is 10.3. The summed E-state index contributed by atoms with van der Waals surface area (Å²) in [6.07, 6.45) is 0. The second-order valence-corrected chi connectivity index (χ2v) is 4.24. The Morgan fingerprint density at radius 3 is 2.84 bits per heavy atom. The predicted octanol–water partition coefficient (Wildman–Crippen LogP) is 2.46. The molecule has 19 heavy (non-hydrogen) atoms. The lowest BCUT2D eigenvalue weighted by atomic mass is 10.1. The van der Waals surface area contributed by atoms with Crippen LogP contribution >= 0.6 is 11.6 Å². The lowest BCUT2D eigenvalue weighted by Gasteiger charge is -2.20. The van der Waals surface area contributed by atoms with Crippen LogP contribution in [0.15, 0.2) is 22.7 Å². The van der Waals surface area contributed by atoms with E-state index in [9.17, 15) is 4.79 Å². The van der Waals surface area contributed by atoms with Gasteiger partial charge in [-0.25, -0.2) is 4.79 Å². The molecule has 2 heterocycles. The third-order valence-corrected chi connectivity index (χ3v) is 2.95. The highest BCUT2D eigenvalue weighted by atomic mass is 35.5. The Kier molecular flexibility index (Phi) is 2.79. The highest BCUT2D eigenvalue weighted by molar-refractivity contribution is 6.33. The van der Waals surface area contributed by atoms with Gasteiger partial charge in [0.15, 0.2) is 11.5 Å². The number of hydrogen-bond acceptors (Lipinski definition) is 5.